The molecule has 0 spiro atoms. The second kappa shape index (κ2) is 7.94. The van der Waals surface area contributed by atoms with Gasteiger partial charge in [-0.25, -0.2) is 0 Å². The molecule has 0 saturated carbocycles. The molecule has 0 amide bonds. The third kappa shape index (κ3) is 4.56. The minimum Gasteiger partial charge on any atom is -0.395 e. The van der Waals surface area contributed by atoms with Gasteiger partial charge < -0.3 is 15.7 Å². The van der Waals surface area contributed by atoms with E-state index in [1.54, 1.807) is 17.5 Å². The average molecular weight is 307 g/mol. The van der Waals surface area contributed by atoms with Gasteiger partial charge in [0.15, 0.2) is 5.11 Å². The average Bonchev–Trinajstić information content (AvgIpc) is 3.00. The Morgan fingerprint density at radius 3 is 2.90 bits per heavy atom. The minimum absolute atomic E-state index is 0.0612. The maximum Gasteiger partial charge on any atom is 0.166 e. The molecule has 106 valence electrons. The van der Waals surface area contributed by atoms with Gasteiger partial charge in [-0.15, -0.1) is 11.3 Å². The topological polar surface area (TPSA) is 57.2 Å². The maximum atomic E-state index is 8.81. The lowest BCUT2D eigenvalue weighted by Gasteiger charge is -2.19. The molecule has 4 nitrogen and oxygen atoms in total. The number of thiocarbonyl (C=S) groups is 1. The number of aliphatic hydroxyl groups excluding tert-OH is 1. The molecule has 1 unspecified atom stereocenters. The zero-order chi connectivity index (χ0) is 14.2. The second-order valence-electron chi connectivity index (χ2n) is 4.22. The van der Waals surface area contributed by atoms with Crippen molar-refractivity contribution in [3.8, 4) is 0 Å². The van der Waals surface area contributed by atoms with E-state index in [2.05, 4.69) is 21.7 Å². The lowest BCUT2D eigenvalue weighted by Crippen LogP contribution is -2.39. The van der Waals surface area contributed by atoms with Gasteiger partial charge in [-0.1, -0.05) is 12.1 Å². The Hall–Kier alpha value is -1.50. The Morgan fingerprint density at radius 1 is 1.35 bits per heavy atom. The molecule has 6 heteroatoms. The molecule has 2 rings (SSSR count). The predicted molar refractivity (Wildman–Crippen MR) is 85.8 cm³/mol. The summed E-state index contributed by atoms with van der Waals surface area (Å²) in [6.07, 6.45) is 2.56. The standard InChI is InChI=1S/C14H17N3OS2/c18-8-7-16-14(19)17-12(13-5-3-9-20-13)10-11-4-1-2-6-15-11/h1-6,9,12,18H,7-8,10H2,(H2,16,17,19). The molecule has 1 atom stereocenters. The first-order valence-electron chi connectivity index (χ1n) is 6.38. The molecule has 0 saturated heterocycles. The van der Waals surface area contributed by atoms with Crippen molar-refractivity contribution >= 4 is 28.7 Å². The van der Waals surface area contributed by atoms with Crippen LogP contribution in [-0.4, -0.2) is 28.4 Å². The van der Waals surface area contributed by atoms with Gasteiger partial charge in [0, 0.05) is 29.7 Å². The van der Waals surface area contributed by atoms with E-state index >= 15 is 0 Å². The summed E-state index contributed by atoms with van der Waals surface area (Å²) in [6.45, 7) is 0.512. The molecule has 0 bridgehead atoms. The fourth-order valence-corrected chi connectivity index (χ4v) is 2.84. The van der Waals surface area contributed by atoms with Crippen LogP contribution in [0.15, 0.2) is 41.9 Å². The van der Waals surface area contributed by atoms with Gasteiger partial charge in [0.1, 0.15) is 0 Å². The summed E-state index contributed by atoms with van der Waals surface area (Å²) >= 11 is 6.93. The lowest BCUT2D eigenvalue weighted by molar-refractivity contribution is 0.300. The van der Waals surface area contributed by atoms with Crippen molar-refractivity contribution in [2.24, 2.45) is 0 Å². The van der Waals surface area contributed by atoms with Crippen LogP contribution in [-0.2, 0) is 6.42 Å². The summed E-state index contributed by atoms with van der Waals surface area (Å²) in [5.41, 5.74) is 1.02. The Morgan fingerprint density at radius 2 is 2.25 bits per heavy atom. The molecular weight excluding hydrogens is 290 g/mol. The van der Waals surface area contributed by atoms with Gasteiger partial charge in [0.2, 0.25) is 0 Å². The van der Waals surface area contributed by atoms with Crippen LogP contribution in [0.1, 0.15) is 16.6 Å². The zero-order valence-electron chi connectivity index (χ0n) is 11.0. The summed E-state index contributed by atoms with van der Waals surface area (Å²) < 4.78 is 0. The van der Waals surface area contributed by atoms with E-state index in [-0.39, 0.29) is 12.6 Å². The highest BCUT2D eigenvalue weighted by Gasteiger charge is 2.15. The SMILES string of the molecule is OCCNC(=S)NC(Cc1ccccn1)c1cccs1. The molecule has 0 aliphatic rings. The van der Waals surface area contributed by atoms with Crippen LogP contribution in [0.25, 0.3) is 0 Å². The highest BCUT2D eigenvalue weighted by Crippen LogP contribution is 2.22. The Labute approximate surface area is 127 Å². The Kier molecular flexibility index (Phi) is 5.91. The predicted octanol–water partition coefficient (Wildman–Crippen LogP) is 1.88. The fourth-order valence-electron chi connectivity index (χ4n) is 1.82. The molecule has 2 aromatic rings. The van der Waals surface area contributed by atoms with Crippen LogP contribution in [0.5, 0.6) is 0 Å². The summed E-state index contributed by atoms with van der Waals surface area (Å²) in [7, 11) is 0. The van der Waals surface area contributed by atoms with Gasteiger partial charge in [0.25, 0.3) is 0 Å². The molecular formula is C14H17N3OS2. The van der Waals surface area contributed by atoms with Crippen molar-refractivity contribution in [1.82, 2.24) is 15.6 Å². The third-order valence-corrected chi connectivity index (χ3v) is 3.98. The number of aromatic nitrogens is 1. The van der Waals surface area contributed by atoms with E-state index in [1.165, 1.54) is 4.88 Å². The molecule has 20 heavy (non-hydrogen) atoms. The number of aliphatic hydroxyl groups is 1. The number of hydrogen-bond donors (Lipinski definition) is 3. The quantitative estimate of drug-likeness (QED) is 0.712. The van der Waals surface area contributed by atoms with Gasteiger partial charge in [-0.05, 0) is 35.8 Å². The second-order valence-corrected chi connectivity index (χ2v) is 5.60. The normalized spacial score (nSPS) is 11.8. The highest BCUT2D eigenvalue weighted by molar-refractivity contribution is 7.80. The van der Waals surface area contributed by atoms with Gasteiger partial charge >= 0.3 is 0 Å². The van der Waals surface area contributed by atoms with Gasteiger partial charge in [0.05, 0.1) is 12.6 Å². The van der Waals surface area contributed by atoms with Crippen molar-refractivity contribution in [3.63, 3.8) is 0 Å². The van der Waals surface area contributed by atoms with Crippen molar-refractivity contribution in [1.29, 1.82) is 0 Å². The number of hydrogen-bond acceptors (Lipinski definition) is 4. The smallest absolute Gasteiger partial charge is 0.166 e. The number of nitrogens with one attached hydrogen (secondary N) is 2. The first-order chi connectivity index (χ1) is 9.79. The fraction of sp³-hybridized carbons (Fsp3) is 0.286. The van der Waals surface area contributed by atoms with E-state index in [4.69, 9.17) is 17.3 Å². The van der Waals surface area contributed by atoms with E-state index < -0.39 is 0 Å². The minimum atomic E-state index is 0.0612. The summed E-state index contributed by atoms with van der Waals surface area (Å²) in [4.78, 5) is 5.57. The van der Waals surface area contributed by atoms with Crippen LogP contribution < -0.4 is 10.6 Å². The number of pyridine rings is 1. The van der Waals surface area contributed by atoms with Gasteiger partial charge in [-0.2, -0.15) is 0 Å². The van der Waals surface area contributed by atoms with Crippen LogP contribution in [0.2, 0.25) is 0 Å². The van der Waals surface area contributed by atoms with Crippen molar-refractivity contribution in [2.75, 3.05) is 13.2 Å². The van der Waals surface area contributed by atoms with Crippen LogP contribution in [0.3, 0.4) is 0 Å². The lowest BCUT2D eigenvalue weighted by atomic mass is 10.1. The van der Waals surface area contributed by atoms with Crippen molar-refractivity contribution < 1.29 is 5.11 Å². The van der Waals surface area contributed by atoms with E-state index in [1.807, 2.05) is 29.6 Å². The first kappa shape index (κ1) is 14.9. The first-order valence-corrected chi connectivity index (χ1v) is 7.67. The van der Waals surface area contributed by atoms with Crippen LogP contribution in [0.4, 0.5) is 0 Å². The molecule has 2 aromatic heterocycles. The number of nitrogens with zero attached hydrogens (tertiary/aromatic N) is 1. The van der Waals surface area contributed by atoms with Gasteiger partial charge in [-0.3, -0.25) is 4.98 Å². The molecule has 2 heterocycles. The monoisotopic (exact) mass is 307 g/mol. The zero-order valence-corrected chi connectivity index (χ0v) is 12.6. The van der Waals surface area contributed by atoms with Crippen molar-refractivity contribution in [2.45, 2.75) is 12.5 Å². The van der Waals surface area contributed by atoms with E-state index in [9.17, 15) is 0 Å². The van der Waals surface area contributed by atoms with Crippen LogP contribution in [0, 0.1) is 0 Å². The van der Waals surface area contributed by atoms with Crippen molar-refractivity contribution in [3.05, 3.63) is 52.5 Å². The number of thiophene rings is 1. The maximum absolute atomic E-state index is 8.81. The molecule has 0 aliphatic heterocycles. The molecule has 3 N–H and O–H groups in total. The third-order valence-electron chi connectivity index (χ3n) is 2.73. The van der Waals surface area contributed by atoms with E-state index in [0.29, 0.717) is 11.7 Å². The largest absolute Gasteiger partial charge is 0.395 e. The summed E-state index contributed by atoms with van der Waals surface area (Å²) in [5.74, 6) is 0. The molecule has 0 radical (unpaired) electrons. The molecule has 0 aromatic carbocycles. The Balaban J connectivity index is 2.04. The number of rotatable bonds is 6. The highest BCUT2D eigenvalue weighted by atomic mass is 32.1. The summed E-state index contributed by atoms with van der Waals surface area (Å²) in [6, 6.07) is 10.1. The van der Waals surface area contributed by atoms with Crippen LogP contribution >= 0.6 is 23.6 Å². The summed E-state index contributed by atoms with van der Waals surface area (Å²) in [5, 5.41) is 17.7. The van der Waals surface area contributed by atoms with E-state index in [0.717, 1.165) is 12.1 Å². The Bertz CT molecular complexity index is 516. The molecule has 0 fully saturated rings. The molecule has 0 aliphatic carbocycles.